The summed E-state index contributed by atoms with van der Waals surface area (Å²) in [5.41, 5.74) is 6.83. The van der Waals surface area contributed by atoms with Gasteiger partial charge in [0.15, 0.2) is 0 Å². The zero-order valence-electron chi connectivity index (χ0n) is 24.6. The zero-order chi connectivity index (χ0) is 28.8. The van der Waals surface area contributed by atoms with Crippen molar-refractivity contribution in [2.24, 2.45) is 0 Å². The van der Waals surface area contributed by atoms with Crippen molar-refractivity contribution in [2.75, 3.05) is 0 Å². The molecule has 0 atom stereocenters. The first-order valence-electron chi connectivity index (χ1n) is 14.0. The Morgan fingerprint density at radius 2 is 1.28 bits per heavy atom. The van der Waals surface area contributed by atoms with Gasteiger partial charge in [0.1, 0.15) is 0 Å². The van der Waals surface area contributed by atoms with E-state index in [4.69, 9.17) is 4.98 Å². The second kappa shape index (κ2) is 16.5. The molecule has 0 N–H and O–H groups in total. The van der Waals surface area contributed by atoms with Gasteiger partial charge < -0.3 is 15.6 Å². The quantitative estimate of drug-likeness (QED) is 0.132. The molecule has 0 unspecified atom stereocenters. The molecule has 0 aliphatic rings. The van der Waals surface area contributed by atoms with Gasteiger partial charge in [-0.3, -0.25) is 33.2 Å². The number of imidazole rings is 1. The molecule has 46 heavy (non-hydrogen) atoms. The van der Waals surface area contributed by atoms with E-state index in [0.29, 0.717) is 0 Å². The van der Waals surface area contributed by atoms with Crippen molar-refractivity contribution >= 4 is 30.2 Å². The van der Waals surface area contributed by atoms with Crippen molar-refractivity contribution in [3.8, 4) is 39.6 Å². The van der Waals surface area contributed by atoms with Crippen LogP contribution in [0.2, 0.25) is 0 Å². The molecule has 0 fully saturated rings. The van der Waals surface area contributed by atoms with E-state index in [1.165, 1.54) is 5.39 Å². The summed E-state index contributed by atoms with van der Waals surface area (Å²) in [7, 11) is 0. The van der Waals surface area contributed by atoms with Crippen molar-refractivity contribution in [2.45, 2.75) is 0 Å². The number of fused-ring (bicyclic) bond motifs is 2. The van der Waals surface area contributed by atoms with Crippen LogP contribution in [0.1, 0.15) is 0 Å². The number of benzene rings is 6. The second-order valence-electron chi connectivity index (χ2n) is 9.79. The molecule has 8 aromatic rings. The number of aromatic nitrogens is 4. The summed E-state index contributed by atoms with van der Waals surface area (Å²) in [6, 6.07) is 57.9. The van der Waals surface area contributed by atoms with Crippen LogP contribution in [0.3, 0.4) is 0 Å². The van der Waals surface area contributed by atoms with E-state index in [9.17, 15) is 0 Å². The maximum atomic E-state index is 4.93. The molecule has 0 aliphatic heterocycles. The Kier molecular flexibility index (Phi) is 12.5. The summed E-state index contributed by atoms with van der Waals surface area (Å²) in [6.45, 7) is 0. The van der Waals surface area contributed by atoms with Crippen LogP contribution >= 0.6 is 0 Å². The van der Waals surface area contributed by atoms with Gasteiger partial charge in [0.25, 0.3) is 0 Å². The molecule has 0 saturated heterocycles. The molecule has 8 rings (SSSR count). The van der Waals surface area contributed by atoms with Crippen LogP contribution in [0.25, 0.3) is 61.4 Å². The average molecular weight is 841 g/mol. The second-order valence-corrected chi connectivity index (χ2v) is 9.79. The normalized spacial score (nSPS) is 10.1. The Balaban J connectivity index is 0.000000273. The third-order valence-corrected chi connectivity index (χ3v) is 7.00. The molecular formula is C39H24BIrN4Y-4. The largest absolute Gasteiger partial charge is 0.374 e. The molecule has 4 nitrogen and oxygen atoms in total. The SMILES string of the molecule is [B].[Ir].[Y].[c-]1ccc(-c2[c-]c3ccccc3cc2)[c-]c1-c1nc2ccccc2n1-c1ccccc1.[c-]1ccccc1-c1ncccn1. The third kappa shape index (κ3) is 7.66. The number of nitrogens with zero attached hydrogens (tertiary/aromatic N) is 4. The van der Waals surface area contributed by atoms with Gasteiger partial charge in [-0.25, -0.2) is 6.07 Å². The minimum absolute atomic E-state index is 0. The van der Waals surface area contributed by atoms with Crippen LogP contribution < -0.4 is 0 Å². The first-order chi connectivity index (χ1) is 21.3. The maximum absolute atomic E-state index is 4.93. The van der Waals surface area contributed by atoms with Crippen LogP contribution in [0.4, 0.5) is 0 Å². The van der Waals surface area contributed by atoms with Gasteiger partial charge in [-0.1, -0.05) is 53.9 Å². The molecule has 2 heterocycles. The third-order valence-electron chi connectivity index (χ3n) is 7.00. The van der Waals surface area contributed by atoms with Crippen molar-refractivity contribution in [3.05, 3.63) is 170 Å². The minimum Gasteiger partial charge on any atom is -0.374 e. The first kappa shape index (κ1) is 34.8. The molecular weight excluding hydrogens is 816 g/mol. The van der Waals surface area contributed by atoms with E-state index in [1.807, 2.05) is 84.9 Å². The Labute approximate surface area is 309 Å². The number of hydrogen-bond donors (Lipinski definition) is 0. The Hall–Kier alpha value is -4.05. The zero-order valence-corrected chi connectivity index (χ0v) is 29.9. The number of hydrogen-bond acceptors (Lipinski definition) is 3. The smallest absolute Gasteiger partial charge is 0.0748 e. The minimum atomic E-state index is 0. The fourth-order valence-electron chi connectivity index (χ4n) is 4.97. The predicted octanol–water partition coefficient (Wildman–Crippen LogP) is 8.47. The molecule has 5 radical (unpaired) electrons. The molecule has 7 heteroatoms. The number of rotatable bonds is 4. The summed E-state index contributed by atoms with van der Waals surface area (Å²) < 4.78 is 2.17. The van der Waals surface area contributed by atoms with E-state index in [0.717, 1.165) is 56.0 Å². The maximum Gasteiger partial charge on any atom is 0.0748 e. The van der Waals surface area contributed by atoms with E-state index < -0.39 is 0 Å². The summed E-state index contributed by atoms with van der Waals surface area (Å²) in [4.78, 5) is 13.1. The molecule has 0 aliphatic carbocycles. The molecule has 0 bridgehead atoms. The monoisotopic (exact) mass is 841 g/mol. The van der Waals surface area contributed by atoms with Crippen molar-refractivity contribution in [1.82, 2.24) is 19.5 Å². The molecule has 0 spiro atoms. The molecule has 0 amide bonds. The van der Waals surface area contributed by atoms with Gasteiger partial charge in [-0.05, 0) is 36.2 Å². The molecule has 2 aromatic heterocycles. The summed E-state index contributed by atoms with van der Waals surface area (Å²) in [5.74, 6) is 1.55. The topological polar surface area (TPSA) is 43.6 Å². The van der Waals surface area contributed by atoms with E-state index >= 15 is 0 Å². The van der Waals surface area contributed by atoms with Crippen LogP contribution in [-0.2, 0) is 52.8 Å². The van der Waals surface area contributed by atoms with Gasteiger partial charge in [-0.2, -0.15) is 5.56 Å². The van der Waals surface area contributed by atoms with Crippen molar-refractivity contribution < 1.29 is 52.8 Å². The summed E-state index contributed by atoms with van der Waals surface area (Å²) in [5, 5.41) is 2.28. The Bertz CT molecular complexity index is 2100. The van der Waals surface area contributed by atoms with Crippen LogP contribution in [0.15, 0.2) is 146 Å². The molecule has 219 valence electrons. The van der Waals surface area contributed by atoms with Gasteiger partial charge in [0.05, 0.1) is 16.9 Å². The van der Waals surface area contributed by atoms with E-state index in [1.54, 1.807) is 18.5 Å². The van der Waals surface area contributed by atoms with E-state index in [-0.39, 0.29) is 61.2 Å². The van der Waals surface area contributed by atoms with Crippen molar-refractivity contribution in [3.63, 3.8) is 0 Å². The van der Waals surface area contributed by atoms with E-state index in [2.05, 4.69) is 81.3 Å². The number of para-hydroxylation sites is 3. The first-order valence-corrected chi connectivity index (χ1v) is 14.0. The molecule has 0 saturated carbocycles. The van der Waals surface area contributed by atoms with Crippen LogP contribution in [0, 0.1) is 24.3 Å². The standard InChI is InChI=1S/C29H17N2.C10H7N2.B.Ir.Y/c1-2-13-26(14-3-1)31-28-16-7-6-15-27(28)30-29(31)25-12-8-11-23(20-25)24-18-17-21-9-4-5-10-22(21)19-24;1-2-5-9(6-3-1)10-11-7-4-8-12-10;;;/h1-11,13-18H;1-5,7-8H;;;/q-3;-1;;;. The Morgan fingerprint density at radius 1 is 0.565 bits per heavy atom. The van der Waals surface area contributed by atoms with Gasteiger partial charge in [0.2, 0.25) is 0 Å². The van der Waals surface area contributed by atoms with Gasteiger partial charge in [-0.15, -0.1) is 65.5 Å². The van der Waals surface area contributed by atoms with Gasteiger partial charge in [0, 0.05) is 79.3 Å². The van der Waals surface area contributed by atoms with Crippen LogP contribution in [0.5, 0.6) is 0 Å². The summed E-state index contributed by atoms with van der Waals surface area (Å²) >= 11 is 0. The molecule has 6 aromatic carbocycles. The Morgan fingerprint density at radius 3 is 2.09 bits per heavy atom. The fraction of sp³-hybridized carbons (Fsp3) is 0. The fourth-order valence-corrected chi connectivity index (χ4v) is 4.97. The predicted molar refractivity (Wildman–Crippen MR) is 178 cm³/mol. The average Bonchev–Trinajstić information content (AvgIpc) is 3.49. The van der Waals surface area contributed by atoms with Crippen molar-refractivity contribution in [1.29, 1.82) is 0 Å². The van der Waals surface area contributed by atoms with Gasteiger partial charge >= 0.3 is 0 Å². The summed E-state index contributed by atoms with van der Waals surface area (Å²) in [6.07, 6.45) is 3.45. The van der Waals surface area contributed by atoms with Crippen LogP contribution in [-0.4, -0.2) is 27.9 Å².